The molecule has 1 rings (SSSR count). The first-order chi connectivity index (χ1) is 9.70. The van der Waals surface area contributed by atoms with Crippen molar-refractivity contribution in [3.63, 3.8) is 0 Å². The Morgan fingerprint density at radius 3 is 2.48 bits per heavy atom. The van der Waals surface area contributed by atoms with E-state index in [9.17, 15) is 18.0 Å². The zero-order valence-electron chi connectivity index (χ0n) is 12.4. The molecule has 0 fully saturated rings. The van der Waals surface area contributed by atoms with Crippen LogP contribution in [0.15, 0.2) is 24.3 Å². The third kappa shape index (κ3) is 6.16. The Hall–Kier alpha value is -1.56. The minimum absolute atomic E-state index is 0.147. The monoisotopic (exact) mass is 302 g/mol. The van der Waals surface area contributed by atoms with E-state index in [-0.39, 0.29) is 5.69 Å². The van der Waals surface area contributed by atoms with Crippen LogP contribution in [-0.2, 0) is 11.3 Å². The molecule has 1 amide bonds. The van der Waals surface area contributed by atoms with Crippen molar-refractivity contribution in [2.75, 3.05) is 11.9 Å². The number of amides is 1. The van der Waals surface area contributed by atoms with Gasteiger partial charge in [0.15, 0.2) is 0 Å². The zero-order valence-corrected chi connectivity index (χ0v) is 12.4. The Bertz CT molecular complexity index is 472. The van der Waals surface area contributed by atoms with Gasteiger partial charge in [0.1, 0.15) is 0 Å². The molecule has 1 unspecified atom stereocenters. The fourth-order valence-corrected chi connectivity index (χ4v) is 1.64. The highest BCUT2D eigenvalue weighted by Crippen LogP contribution is 2.19. The van der Waals surface area contributed by atoms with Gasteiger partial charge in [-0.2, -0.15) is 13.2 Å². The minimum Gasteiger partial charge on any atom is -0.318 e. The highest BCUT2D eigenvalue weighted by Gasteiger charge is 2.38. The Morgan fingerprint density at radius 2 is 1.90 bits per heavy atom. The lowest BCUT2D eigenvalue weighted by Crippen LogP contribution is -2.30. The van der Waals surface area contributed by atoms with E-state index in [4.69, 9.17) is 0 Å². The van der Waals surface area contributed by atoms with Crippen molar-refractivity contribution in [3.8, 4) is 0 Å². The largest absolute Gasteiger partial charge is 0.471 e. The van der Waals surface area contributed by atoms with E-state index in [1.165, 1.54) is 12.1 Å². The van der Waals surface area contributed by atoms with Crippen molar-refractivity contribution in [3.05, 3.63) is 29.8 Å². The van der Waals surface area contributed by atoms with Gasteiger partial charge in [-0.05, 0) is 36.1 Å². The van der Waals surface area contributed by atoms with Gasteiger partial charge in [-0.3, -0.25) is 4.79 Å². The van der Waals surface area contributed by atoms with E-state index in [0.29, 0.717) is 18.4 Å². The molecule has 6 heteroatoms. The second-order valence-corrected chi connectivity index (χ2v) is 5.50. The lowest BCUT2D eigenvalue weighted by atomic mass is 9.98. The third-order valence-corrected chi connectivity index (χ3v) is 3.38. The number of hydrogen-bond donors (Lipinski definition) is 2. The molecular weight excluding hydrogens is 281 g/mol. The summed E-state index contributed by atoms with van der Waals surface area (Å²) in [5.74, 6) is -0.880. The van der Waals surface area contributed by atoms with Gasteiger partial charge < -0.3 is 10.6 Å². The van der Waals surface area contributed by atoms with Gasteiger partial charge in [-0.1, -0.05) is 32.9 Å². The van der Waals surface area contributed by atoms with Crippen molar-refractivity contribution in [1.82, 2.24) is 5.32 Å². The maximum absolute atomic E-state index is 12.2. The van der Waals surface area contributed by atoms with E-state index in [1.807, 2.05) is 5.32 Å². The normalized spacial score (nSPS) is 13.3. The van der Waals surface area contributed by atoms with Crippen LogP contribution in [-0.4, -0.2) is 18.6 Å². The number of hydrogen-bond acceptors (Lipinski definition) is 2. The van der Waals surface area contributed by atoms with Crippen molar-refractivity contribution in [1.29, 1.82) is 0 Å². The lowest BCUT2D eigenvalue weighted by molar-refractivity contribution is -0.167. The van der Waals surface area contributed by atoms with Gasteiger partial charge in [0.2, 0.25) is 0 Å². The number of rotatable bonds is 6. The summed E-state index contributed by atoms with van der Waals surface area (Å²) in [5, 5.41) is 5.11. The third-order valence-electron chi connectivity index (χ3n) is 3.38. The van der Waals surface area contributed by atoms with Crippen molar-refractivity contribution >= 4 is 11.6 Å². The summed E-state index contributed by atoms with van der Waals surface area (Å²) in [6, 6.07) is 6.39. The van der Waals surface area contributed by atoms with E-state index in [2.05, 4.69) is 26.1 Å². The summed E-state index contributed by atoms with van der Waals surface area (Å²) in [6.45, 7) is 7.79. The summed E-state index contributed by atoms with van der Waals surface area (Å²) in [6.07, 6.45) is -4.87. The first-order valence-corrected chi connectivity index (χ1v) is 6.88. The molecule has 0 aliphatic heterocycles. The molecule has 1 atom stereocenters. The molecule has 2 N–H and O–H groups in total. The predicted octanol–water partition coefficient (Wildman–Crippen LogP) is 3.57. The maximum atomic E-state index is 12.2. The first kappa shape index (κ1) is 17.5. The molecule has 0 aliphatic rings. The maximum Gasteiger partial charge on any atom is 0.471 e. The van der Waals surface area contributed by atoms with Crippen LogP contribution in [0.25, 0.3) is 0 Å². The predicted molar refractivity (Wildman–Crippen MR) is 76.8 cm³/mol. The Balaban J connectivity index is 2.55. The summed E-state index contributed by atoms with van der Waals surface area (Å²) in [7, 11) is 0. The number of carbonyl (C=O) groups excluding carboxylic acids is 1. The molecule has 0 spiro atoms. The number of anilines is 1. The topological polar surface area (TPSA) is 41.1 Å². The molecule has 0 saturated heterocycles. The SMILES string of the molecule is CC(C)C(C)CNCc1cccc(NC(=O)C(F)(F)F)c1. The smallest absolute Gasteiger partial charge is 0.318 e. The summed E-state index contributed by atoms with van der Waals surface area (Å²) in [5.41, 5.74) is 0.972. The molecule has 1 aromatic carbocycles. The van der Waals surface area contributed by atoms with Crippen LogP contribution in [0.5, 0.6) is 0 Å². The van der Waals surface area contributed by atoms with Crippen LogP contribution in [0.2, 0.25) is 0 Å². The van der Waals surface area contributed by atoms with Gasteiger partial charge in [-0.15, -0.1) is 0 Å². The highest BCUT2D eigenvalue weighted by molar-refractivity contribution is 5.94. The van der Waals surface area contributed by atoms with Crippen LogP contribution in [0, 0.1) is 11.8 Å². The Labute approximate surface area is 122 Å². The van der Waals surface area contributed by atoms with E-state index < -0.39 is 12.1 Å². The molecule has 21 heavy (non-hydrogen) atoms. The molecule has 0 aliphatic carbocycles. The molecular formula is C15H21F3N2O. The molecule has 0 heterocycles. The molecule has 0 bridgehead atoms. The van der Waals surface area contributed by atoms with E-state index >= 15 is 0 Å². The lowest BCUT2D eigenvalue weighted by Gasteiger charge is -2.16. The molecule has 1 aromatic rings. The minimum atomic E-state index is -4.87. The number of benzene rings is 1. The zero-order chi connectivity index (χ0) is 16.0. The summed E-state index contributed by atoms with van der Waals surface area (Å²) < 4.78 is 36.5. The molecule has 118 valence electrons. The van der Waals surface area contributed by atoms with Gasteiger partial charge >= 0.3 is 12.1 Å². The number of nitrogens with one attached hydrogen (secondary N) is 2. The molecule has 3 nitrogen and oxygen atoms in total. The standard InChI is InChI=1S/C15H21F3N2O/c1-10(2)11(3)8-19-9-12-5-4-6-13(7-12)20-14(21)15(16,17)18/h4-7,10-11,19H,8-9H2,1-3H3,(H,20,21). The summed E-state index contributed by atoms with van der Waals surface area (Å²) >= 11 is 0. The first-order valence-electron chi connectivity index (χ1n) is 6.88. The average molecular weight is 302 g/mol. The Morgan fingerprint density at radius 1 is 1.24 bits per heavy atom. The molecule has 0 aromatic heterocycles. The second-order valence-electron chi connectivity index (χ2n) is 5.50. The van der Waals surface area contributed by atoms with Crippen molar-refractivity contribution in [2.24, 2.45) is 11.8 Å². The van der Waals surface area contributed by atoms with Crippen molar-refractivity contribution in [2.45, 2.75) is 33.5 Å². The Kier molecular flexibility index (Phi) is 6.20. The van der Waals surface area contributed by atoms with Gasteiger partial charge in [0.05, 0.1) is 0 Å². The fourth-order valence-electron chi connectivity index (χ4n) is 1.64. The number of halogens is 3. The average Bonchev–Trinajstić information content (AvgIpc) is 2.37. The van der Waals surface area contributed by atoms with Gasteiger partial charge in [0.25, 0.3) is 0 Å². The van der Waals surface area contributed by atoms with Gasteiger partial charge in [0, 0.05) is 12.2 Å². The molecule has 0 radical (unpaired) electrons. The van der Waals surface area contributed by atoms with Crippen LogP contribution < -0.4 is 10.6 Å². The van der Waals surface area contributed by atoms with Crippen LogP contribution in [0.3, 0.4) is 0 Å². The fraction of sp³-hybridized carbons (Fsp3) is 0.533. The number of alkyl halides is 3. The second kappa shape index (κ2) is 7.45. The van der Waals surface area contributed by atoms with Crippen LogP contribution in [0.4, 0.5) is 18.9 Å². The van der Waals surface area contributed by atoms with E-state index in [1.54, 1.807) is 12.1 Å². The van der Waals surface area contributed by atoms with Crippen LogP contribution in [0.1, 0.15) is 26.3 Å². The van der Waals surface area contributed by atoms with E-state index in [0.717, 1.165) is 12.1 Å². The summed E-state index contributed by atoms with van der Waals surface area (Å²) in [4.78, 5) is 10.9. The molecule has 0 saturated carbocycles. The van der Waals surface area contributed by atoms with Gasteiger partial charge in [-0.25, -0.2) is 0 Å². The highest BCUT2D eigenvalue weighted by atomic mass is 19.4. The quantitative estimate of drug-likeness (QED) is 0.843. The number of carbonyl (C=O) groups is 1. The van der Waals surface area contributed by atoms with Crippen molar-refractivity contribution < 1.29 is 18.0 Å². The van der Waals surface area contributed by atoms with Crippen LogP contribution >= 0.6 is 0 Å².